The Labute approximate surface area is 200 Å². The zero-order chi connectivity index (χ0) is 23.7. The van der Waals surface area contributed by atoms with E-state index in [0.29, 0.717) is 43.9 Å². The number of hydrogen-bond donors (Lipinski definition) is 0. The summed E-state index contributed by atoms with van der Waals surface area (Å²) < 4.78 is 25.5. The third-order valence-electron chi connectivity index (χ3n) is 6.93. The number of rotatable bonds is 5. The number of aromatic nitrogens is 2. The molecule has 0 N–H and O–H groups in total. The SMILES string of the molecule is CCc1ccc(-c2nn(-c3ccccc3)cc2C(=O)N2CCN(C3CCS(=O)(=O)C3)CC2)cc1. The van der Waals surface area contributed by atoms with Gasteiger partial charge in [-0.25, -0.2) is 13.1 Å². The summed E-state index contributed by atoms with van der Waals surface area (Å²) in [5.41, 5.74) is 4.33. The van der Waals surface area contributed by atoms with Crippen molar-refractivity contribution in [2.45, 2.75) is 25.8 Å². The van der Waals surface area contributed by atoms with Crippen LogP contribution in [0.2, 0.25) is 0 Å². The van der Waals surface area contributed by atoms with Crippen LogP contribution in [0.3, 0.4) is 0 Å². The van der Waals surface area contributed by atoms with Gasteiger partial charge in [0.15, 0.2) is 9.84 Å². The van der Waals surface area contributed by atoms with E-state index in [9.17, 15) is 13.2 Å². The molecule has 2 saturated heterocycles. The number of amides is 1. The smallest absolute Gasteiger partial charge is 0.257 e. The molecule has 7 nitrogen and oxygen atoms in total. The van der Waals surface area contributed by atoms with E-state index in [2.05, 4.69) is 24.0 Å². The highest BCUT2D eigenvalue weighted by molar-refractivity contribution is 7.91. The zero-order valence-corrected chi connectivity index (χ0v) is 20.2. The van der Waals surface area contributed by atoms with Crippen LogP contribution in [0.4, 0.5) is 0 Å². The van der Waals surface area contributed by atoms with Crippen molar-refractivity contribution in [1.82, 2.24) is 19.6 Å². The minimum atomic E-state index is -2.92. The minimum absolute atomic E-state index is 0.0320. The number of para-hydroxylation sites is 1. The van der Waals surface area contributed by atoms with E-state index in [0.717, 1.165) is 17.7 Å². The van der Waals surface area contributed by atoms with Gasteiger partial charge in [-0.1, -0.05) is 49.4 Å². The van der Waals surface area contributed by atoms with Crippen molar-refractivity contribution in [1.29, 1.82) is 0 Å². The summed E-state index contributed by atoms with van der Waals surface area (Å²) in [5, 5.41) is 4.81. The van der Waals surface area contributed by atoms with Crippen molar-refractivity contribution < 1.29 is 13.2 Å². The van der Waals surface area contributed by atoms with E-state index in [4.69, 9.17) is 5.10 Å². The van der Waals surface area contributed by atoms with E-state index in [1.165, 1.54) is 5.56 Å². The fourth-order valence-electron chi connectivity index (χ4n) is 4.88. The predicted octanol–water partition coefficient (Wildman–Crippen LogP) is 3.05. The number of carbonyl (C=O) groups excluding carboxylic acids is 1. The first-order valence-electron chi connectivity index (χ1n) is 11.9. The molecule has 0 saturated carbocycles. The molecule has 0 aliphatic carbocycles. The van der Waals surface area contributed by atoms with Gasteiger partial charge in [-0.05, 0) is 30.5 Å². The molecular weight excluding hydrogens is 448 g/mol. The van der Waals surface area contributed by atoms with Crippen LogP contribution in [-0.2, 0) is 16.3 Å². The lowest BCUT2D eigenvalue weighted by molar-refractivity contribution is 0.0588. The Morgan fingerprint density at radius 1 is 1.00 bits per heavy atom. The molecule has 1 amide bonds. The Bertz CT molecular complexity index is 1260. The number of benzene rings is 2. The maximum atomic E-state index is 13.7. The van der Waals surface area contributed by atoms with Crippen LogP contribution in [0.1, 0.15) is 29.3 Å². The fraction of sp³-hybridized carbons (Fsp3) is 0.385. The summed E-state index contributed by atoms with van der Waals surface area (Å²) in [4.78, 5) is 17.8. The molecule has 0 radical (unpaired) electrons. The number of hydrogen-bond acceptors (Lipinski definition) is 5. The van der Waals surface area contributed by atoms with Crippen molar-refractivity contribution in [3.05, 3.63) is 71.9 Å². The zero-order valence-electron chi connectivity index (χ0n) is 19.4. The van der Waals surface area contributed by atoms with E-state index < -0.39 is 9.84 Å². The van der Waals surface area contributed by atoms with E-state index in [-0.39, 0.29) is 23.5 Å². The lowest BCUT2D eigenvalue weighted by Crippen LogP contribution is -2.52. The summed E-state index contributed by atoms with van der Waals surface area (Å²) in [5.74, 6) is 0.480. The van der Waals surface area contributed by atoms with Gasteiger partial charge in [0, 0.05) is 44.0 Å². The van der Waals surface area contributed by atoms with Crippen LogP contribution in [-0.4, -0.2) is 77.6 Å². The molecular formula is C26H30N4O3S. The van der Waals surface area contributed by atoms with Crippen molar-refractivity contribution in [3.63, 3.8) is 0 Å². The molecule has 1 aromatic heterocycles. The predicted molar refractivity (Wildman–Crippen MR) is 133 cm³/mol. The van der Waals surface area contributed by atoms with Crippen molar-refractivity contribution in [2.75, 3.05) is 37.7 Å². The average Bonchev–Trinajstić information content (AvgIpc) is 3.48. The molecule has 1 atom stereocenters. The van der Waals surface area contributed by atoms with E-state index >= 15 is 0 Å². The molecule has 178 valence electrons. The monoisotopic (exact) mass is 478 g/mol. The molecule has 2 aromatic carbocycles. The third-order valence-corrected chi connectivity index (χ3v) is 8.68. The lowest BCUT2D eigenvalue weighted by atomic mass is 10.0. The highest BCUT2D eigenvalue weighted by Gasteiger charge is 2.35. The van der Waals surface area contributed by atoms with E-state index in [1.807, 2.05) is 53.6 Å². The van der Waals surface area contributed by atoms with Crippen LogP contribution >= 0.6 is 0 Å². The number of aryl methyl sites for hydroxylation is 1. The molecule has 8 heteroatoms. The van der Waals surface area contributed by atoms with Crippen LogP contribution in [0.25, 0.3) is 16.9 Å². The summed E-state index contributed by atoms with van der Waals surface area (Å²) in [6.45, 7) is 4.67. The second kappa shape index (κ2) is 9.35. The van der Waals surface area contributed by atoms with Gasteiger partial charge < -0.3 is 4.90 Å². The summed E-state index contributed by atoms with van der Waals surface area (Å²) in [6.07, 6.45) is 3.48. The Morgan fingerprint density at radius 2 is 1.71 bits per heavy atom. The van der Waals surface area contributed by atoms with Crippen LogP contribution < -0.4 is 0 Å². The standard InChI is InChI=1S/C26H30N4O3S/c1-2-20-8-10-21(11-9-20)25-24(18-30(27-25)22-6-4-3-5-7-22)26(31)29-15-13-28(14-16-29)23-12-17-34(32,33)19-23/h3-11,18,23H,2,12-17,19H2,1H3. The van der Waals surface area contributed by atoms with Gasteiger partial charge in [0.25, 0.3) is 5.91 Å². The van der Waals surface area contributed by atoms with Gasteiger partial charge in [-0.3, -0.25) is 9.69 Å². The maximum absolute atomic E-state index is 13.7. The minimum Gasteiger partial charge on any atom is -0.336 e. The Morgan fingerprint density at radius 3 is 2.32 bits per heavy atom. The first-order chi connectivity index (χ1) is 16.4. The van der Waals surface area contributed by atoms with Crippen molar-refractivity contribution >= 4 is 15.7 Å². The average molecular weight is 479 g/mol. The van der Waals surface area contributed by atoms with Gasteiger partial charge in [0.2, 0.25) is 0 Å². The lowest BCUT2D eigenvalue weighted by Gasteiger charge is -2.37. The molecule has 3 heterocycles. The van der Waals surface area contributed by atoms with Gasteiger partial charge in [-0.15, -0.1) is 0 Å². The summed E-state index contributed by atoms with van der Waals surface area (Å²) >= 11 is 0. The molecule has 0 spiro atoms. The largest absolute Gasteiger partial charge is 0.336 e. The molecule has 3 aromatic rings. The molecule has 34 heavy (non-hydrogen) atoms. The topological polar surface area (TPSA) is 75.5 Å². The second-order valence-electron chi connectivity index (χ2n) is 9.11. The number of nitrogens with zero attached hydrogens (tertiary/aromatic N) is 4. The fourth-order valence-corrected chi connectivity index (χ4v) is 6.64. The highest BCUT2D eigenvalue weighted by atomic mass is 32.2. The van der Waals surface area contributed by atoms with Gasteiger partial charge in [-0.2, -0.15) is 5.10 Å². The quantitative estimate of drug-likeness (QED) is 0.564. The Kier molecular flexibility index (Phi) is 6.27. The van der Waals surface area contributed by atoms with Crippen molar-refractivity contribution in [2.24, 2.45) is 0 Å². The van der Waals surface area contributed by atoms with Gasteiger partial charge in [0.1, 0.15) is 5.69 Å². The third kappa shape index (κ3) is 4.65. The van der Waals surface area contributed by atoms with E-state index in [1.54, 1.807) is 4.68 Å². The maximum Gasteiger partial charge on any atom is 0.257 e. The number of sulfone groups is 1. The molecule has 2 aliphatic heterocycles. The molecule has 5 rings (SSSR count). The van der Waals surface area contributed by atoms with Gasteiger partial charge in [0.05, 0.1) is 22.8 Å². The number of piperazine rings is 1. The first-order valence-corrected chi connectivity index (χ1v) is 13.7. The second-order valence-corrected chi connectivity index (χ2v) is 11.3. The Hall–Kier alpha value is -2.97. The first kappa shape index (κ1) is 22.8. The summed E-state index contributed by atoms with van der Waals surface area (Å²) in [6, 6.07) is 18.1. The number of carbonyl (C=O) groups is 1. The highest BCUT2D eigenvalue weighted by Crippen LogP contribution is 2.27. The molecule has 1 unspecified atom stereocenters. The van der Waals surface area contributed by atoms with Crippen LogP contribution in [0.5, 0.6) is 0 Å². The Balaban J connectivity index is 1.39. The molecule has 2 fully saturated rings. The van der Waals surface area contributed by atoms with Gasteiger partial charge >= 0.3 is 0 Å². The normalized spacial score (nSPS) is 20.5. The summed E-state index contributed by atoms with van der Waals surface area (Å²) in [7, 11) is -2.92. The van der Waals surface area contributed by atoms with Crippen LogP contribution in [0, 0.1) is 0 Å². The van der Waals surface area contributed by atoms with Crippen LogP contribution in [0.15, 0.2) is 60.8 Å². The molecule has 2 aliphatic rings. The molecule has 0 bridgehead atoms. The van der Waals surface area contributed by atoms with Crippen molar-refractivity contribution in [3.8, 4) is 16.9 Å².